The Balaban J connectivity index is 1.32. The summed E-state index contributed by atoms with van der Waals surface area (Å²) in [5.74, 6) is 0.937. The molecule has 1 fully saturated rings. The molecule has 6 nitrogen and oxygen atoms in total. The Labute approximate surface area is 162 Å². The van der Waals surface area contributed by atoms with Gasteiger partial charge in [-0.1, -0.05) is 47.7 Å². The second-order valence-electron chi connectivity index (χ2n) is 6.34. The number of piperazine rings is 1. The lowest BCUT2D eigenvalue weighted by Crippen LogP contribution is -2.46. The minimum Gasteiger partial charge on any atom is -0.353 e. The highest BCUT2D eigenvalue weighted by molar-refractivity contribution is 7.17. The monoisotopic (exact) mass is 379 g/mol. The average Bonchev–Trinajstić information content (AvgIpc) is 3.24. The van der Waals surface area contributed by atoms with Gasteiger partial charge < -0.3 is 15.1 Å². The number of amides is 1. The summed E-state index contributed by atoms with van der Waals surface area (Å²) in [6.07, 6.45) is 3.49. The van der Waals surface area contributed by atoms with Gasteiger partial charge in [-0.3, -0.25) is 4.79 Å². The van der Waals surface area contributed by atoms with Crippen LogP contribution in [0.5, 0.6) is 0 Å². The molecule has 0 saturated carbocycles. The highest BCUT2D eigenvalue weighted by Crippen LogP contribution is 2.24. The van der Waals surface area contributed by atoms with Crippen LogP contribution in [0.3, 0.4) is 0 Å². The molecule has 0 atom stereocenters. The van der Waals surface area contributed by atoms with E-state index >= 15 is 0 Å². The number of hydrogen-bond acceptors (Lipinski definition) is 6. The summed E-state index contributed by atoms with van der Waals surface area (Å²) in [5.41, 5.74) is 1.08. The van der Waals surface area contributed by atoms with Crippen molar-refractivity contribution in [2.45, 2.75) is 6.54 Å². The number of rotatable bonds is 5. The number of thiazole rings is 1. The van der Waals surface area contributed by atoms with E-state index in [1.807, 2.05) is 54.7 Å². The molecule has 3 aromatic rings. The summed E-state index contributed by atoms with van der Waals surface area (Å²) in [4.78, 5) is 26.4. The van der Waals surface area contributed by atoms with Crippen LogP contribution in [0.25, 0.3) is 0 Å². The SMILES string of the molecule is O=C(NCc1ccccc1)c1cnc(N2CCN(c3ccccn3)CC2)s1. The van der Waals surface area contributed by atoms with Crippen molar-refractivity contribution in [1.82, 2.24) is 15.3 Å². The van der Waals surface area contributed by atoms with E-state index in [2.05, 4.69) is 25.1 Å². The first-order valence-corrected chi connectivity index (χ1v) is 9.80. The lowest BCUT2D eigenvalue weighted by molar-refractivity contribution is 0.0955. The summed E-state index contributed by atoms with van der Waals surface area (Å²) >= 11 is 1.45. The van der Waals surface area contributed by atoms with Crippen LogP contribution in [0.2, 0.25) is 0 Å². The molecule has 2 aromatic heterocycles. The van der Waals surface area contributed by atoms with Gasteiger partial charge in [0, 0.05) is 38.9 Å². The molecule has 1 aliphatic heterocycles. The second kappa shape index (κ2) is 8.18. The minimum atomic E-state index is -0.0743. The quantitative estimate of drug-likeness (QED) is 0.739. The zero-order valence-electron chi connectivity index (χ0n) is 14.9. The van der Waals surface area contributed by atoms with Crippen molar-refractivity contribution < 1.29 is 4.79 Å². The van der Waals surface area contributed by atoms with E-state index < -0.39 is 0 Å². The van der Waals surface area contributed by atoms with Crippen molar-refractivity contribution in [1.29, 1.82) is 0 Å². The molecule has 1 saturated heterocycles. The number of nitrogens with one attached hydrogen (secondary N) is 1. The summed E-state index contributed by atoms with van der Waals surface area (Å²) in [5, 5.41) is 3.86. The first-order chi connectivity index (χ1) is 13.3. The van der Waals surface area contributed by atoms with Crippen LogP contribution in [0.4, 0.5) is 10.9 Å². The molecular weight excluding hydrogens is 358 g/mol. The van der Waals surface area contributed by atoms with E-state index in [-0.39, 0.29) is 5.91 Å². The summed E-state index contributed by atoms with van der Waals surface area (Å²) in [7, 11) is 0. The van der Waals surface area contributed by atoms with E-state index in [4.69, 9.17) is 0 Å². The van der Waals surface area contributed by atoms with Gasteiger partial charge >= 0.3 is 0 Å². The van der Waals surface area contributed by atoms with Gasteiger partial charge in [-0.2, -0.15) is 0 Å². The fourth-order valence-electron chi connectivity index (χ4n) is 3.05. The van der Waals surface area contributed by atoms with Crippen molar-refractivity contribution in [3.8, 4) is 0 Å². The third kappa shape index (κ3) is 4.25. The maximum absolute atomic E-state index is 12.4. The van der Waals surface area contributed by atoms with Gasteiger partial charge in [0.15, 0.2) is 5.13 Å². The van der Waals surface area contributed by atoms with Crippen LogP contribution in [0.15, 0.2) is 60.9 Å². The van der Waals surface area contributed by atoms with E-state index in [1.165, 1.54) is 11.3 Å². The molecule has 27 heavy (non-hydrogen) atoms. The van der Waals surface area contributed by atoms with E-state index in [0.29, 0.717) is 11.4 Å². The molecule has 0 bridgehead atoms. The van der Waals surface area contributed by atoms with Crippen LogP contribution in [-0.2, 0) is 6.54 Å². The molecule has 4 rings (SSSR count). The first kappa shape index (κ1) is 17.5. The van der Waals surface area contributed by atoms with Gasteiger partial charge in [-0.15, -0.1) is 0 Å². The Morgan fingerprint density at radius 2 is 1.70 bits per heavy atom. The van der Waals surface area contributed by atoms with Crippen molar-refractivity contribution in [3.05, 3.63) is 71.4 Å². The fourth-order valence-corrected chi connectivity index (χ4v) is 3.93. The molecule has 138 valence electrons. The Bertz CT molecular complexity index is 876. The minimum absolute atomic E-state index is 0.0743. The van der Waals surface area contributed by atoms with Crippen molar-refractivity contribution in [2.24, 2.45) is 0 Å². The van der Waals surface area contributed by atoms with Gasteiger partial charge in [0.2, 0.25) is 0 Å². The molecule has 0 radical (unpaired) electrons. The Kier molecular flexibility index (Phi) is 5.29. The zero-order chi connectivity index (χ0) is 18.5. The van der Waals surface area contributed by atoms with Gasteiger partial charge in [0.05, 0.1) is 6.20 Å². The fraction of sp³-hybridized carbons (Fsp3) is 0.250. The zero-order valence-corrected chi connectivity index (χ0v) is 15.7. The third-order valence-electron chi connectivity index (χ3n) is 4.54. The normalized spacial score (nSPS) is 14.2. The van der Waals surface area contributed by atoms with Crippen molar-refractivity contribution in [3.63, 3.8) is 0 Å². The smallest absolute Gasteiger partial charge is 0.263 e. The standard InChI is InChI=1S/C20H21N5OS/c26-19(22-14-16-6-2-1-3-7-16)17-15-23-20(27-17)25-12-10-24(11-13-25)18-8-4-5-9-21-18/h1-9,15H,10-14H2,(H,22,26). The average molecular weight is 379 g/mol. The van der Waals surface area contributed by atoms with Crippen LogP contribution in [-0.4, -0.2) is 42.1 Å². The molecule has 0 aliphatic carbocycles. The van der Waals surface area contributed by atoms with E-state index in [1.54, 1.807) is 6.20 Å². The first-order valence-electron chi connectivity index (χ1n) is 8.98. The topological polar surface area (TPSA) is 61.4 Å². The van der Waals surface area contributed by atoms with Gasteiger partial charge in [0.25, 0.3) is 5.91 Å². The van der Waals surface area contributed by atoms with Crippen LogP contribution in [0.1, 0.15) is 15.2 Å². The van der Waals surface area contributed by atoms with Crippen molar-refractivity contribution >= 4 is 28.2 Å². The maximum Gasteiger partial charge on any atom is 0.263 e. The largest absolute Gasteiger partial charge is 0.353 e. The Morgan fingerprint density at radius 1 is 0.963 bits per heavy atom. The molecule has 1 aromatic carbocycles. The molecule has 1 aliphatic rings. The number of carbonyl (C=O) groups is 1. The van der Waals surface area contributed by atoms with E-state index in [0.717, 1.165) is 42.7 Å². The molecule has 0 spiro atoms. The number of benzene rings is 1. The molecule has 1 amide bonds. The number of hydrogen-bond donors (Lipinski definition) is 1. The lowest BCUT2D eigenvalue weighted by atomic mass is 10.2. The van der Waals surface area contributed by atoms with Gasteiger partial charge in [0.1, 0.15) is 10.7 Å². The maximum atomic E-state index is 12.4. The Morgan fingerprint density at radius 3 is 2.44 bits per heavy atom. The predicted octanol–water partition coefficient (Wildman–Crippen LogP) is 2.79. The van der Waals surface area contributed by atoms with E-state index in [9.17, 15) is 4.79 Å². The van der Waals surface area contributed by atoms with Gasteiger partial charge in [-0.05, 0) is 17.7 Å². The molecule has 0 unspecified atom stereocenters. The molecule has 7 heteroatoms. The van der Waals surface area contributed by atoms with Crippen LogP contribution >= 0.6 is 11.3 Å². The van der Waals surface area contributed by atoms with Crippen molar-refractivity contribution in [2.75, 3.05) is 36.0 Å². The third-order valence-corrected chi connectivity index (χ3v) is 5.59. The second-order valence-corrected chi connectivity index (χ2v) is 7.35. The number of nitrogens with zero attached hydrogens (tertiary/aromatic N) is 4. The van der Waals surface area contributed by atoms with Gasteiger partial charge in [-0.25, -0.2) is 9.97 Å². The summed E-state index contributed by atoms with van der Waals surface area (Å²) < 4.78 is 0. The Hall–Kier alpha value is -2.93. The number of carbonyl (C=O) groups excluding carboxylic acids is 1. The summed E-state index contributed by atoms with van der Waals surface area (Å²) in [6, 6.07) is 15.9. The highest BCUT2D eigenvalue weighted by Gasteiger charge is 2.21. The lowest BCUT2D eigenvalue weighted by Gasteiger charge is -2.35. The van der Waals surface area contributed by atoms with Crippen LogP contribution in [0, 0.1) is 0 Å². The highest BCUT2D eigenvalue weighted by atomic mass is 32.1. The molecule has 1 N–H and O–H groups in total. The molecule has 3 heterocycles. The predicted molar refractivity (Wildman–Crippen MR) is 108 cm³/mol. The summed E-state index contributed by atoms with van der Waals surface area (Å²) in [6.45, 7) is 4.05. The van der Waals surface area contributed by atoms with Crippen LogP contribution < -0.4 is 15.1 Å². The number of pyridine rings is 1. The number of aromatic nitrogens is 2. The number of anilines is 2. The molecular formula is C20H21N5OS.